The minimum Gasteiger partial charge on any atom is -0.454 e. The predicted molar refractivity (Wildman–Crippen MR) is 92.0 cm³/mol. The molecule has 1 aliphatic rings. The molecule has 0 unspecified atom stereocenters. The average molecular weight is 318 g/mol. The number of carbonyl (C=O) groups excluding carboxylic acids is 1. The maximum absolute atomic E-state index is 12.2. The highest BCUT2D eigenvalue weighted by Gasteiger charge is 2.12. The van der Waals surface area contributed by atoms with Crippen LogP contribution in [0.4, 0.5) is 5.69 Å². The molecule has 1 amide bonds. The molecular weight excluding hydrogens is 304 g/mol. The van der Waals surface area contributed by atoms with E-state index in [2.05, 4.69) is 10.3 Å². The molecule has 0 saturated carbocycles. The number of hydrogen-bond acceptors (Lipinski definition) is 4. The van der Waals surface area contributed by atoms with E-state index in [9.17, 15) is 4.79 Å². The molecule has 1 N–H and O–H groups in total. The summed E-state index contributed by atoms with van der Waals surface area (Å²) in [7, 11) is 0. The molecule has 1 aliphatic heterocycles. The monoisotopic (exact) mass is 318 g/mol. The first-order valence-electron chi connectivity index (χ1n) is 7.52. The van der Waals surface area contributed by atoms with E-state index < -0.39 is 0 Å². The zero-order valence-corrected chi connectivity index (χ0v) is 12.7. The molecule has 0 saturated heterocycles. The fourth-order valence-corrected chi connectivity index (χ4v) is 2.58. The normalized spacial score (nSPS) is 12.7. The number of carbonyl (C=O) groups is 1. The Morgan fingerprint density at radius 1 is 1.08 bits per heavy atom. The Morgan fingerprint density at radius 2 is 2.00 bits per heavy atom. The van der Waals surface area contributed by atoms with Gasteiger partial charge in [-0.15, -0.1) is 0 Å². The minimum absolute atomic E-state index is 0.205. The first-order valence-corrected chi connectivity index (χ1v) is 7.52. The summed E-state index contributed by atoms with van der Waals surface area (Å²) >= 11 is 0. The van der Waals surface area contributed by atoms with Gasteiger partial charge in [0, 0.05) is 17.7 Å². The molecule has 0 aliphatic carbocycles. The number of nitrogens with zero attached hydrogens (tertiary/aromatic N) is 1. The number of pyridine rings is 1. The third-order valence-corrected chi connectivity index (χ3v) is 3.73. The third-order valence-electron chi connectivity index (χ3n) is 3.73. The molecule has 0 bridgehead atoms. The van der Waals surface area contributed by atoms with Gasteiger partial charge in [0.15, 0.2) is 11.5 Å². The molecule has 5 heteroatoms. The number of rotatable bonds is 3. The summed E-state index contributed by atoms with van der Waals surface area (Å²) in [6, 6.07) is 15.0. The molecule has 0 atom stereocenters. The van der Waals surface area contributed by atoms with Crippen LogP contribution in [-0.2, 0) is 4.79 Å². The van der Waals surface area contributed by atoms with Crippen molar-refractivity contribution in [2.24, 2.45) is 0 Å². The lowest BCUT2D eigenvalue weighted by Gasteiger charge is -2.06. The van der Waals surface area contributed by atoms with Crippen LogP contribution in [0.15, 0.2) is 60.8 Å². The molecule has 3 aromatic rings. The first-order chi connectivity index (χ1) is 11.8. The summed E-state index contributed by atoms with van der Waals surface area (Å²) in [5.74, 6) is 1.21. The second-order valence-corrected chi connectivity index (χ2v) is 5.31. The van der Waals surface area contributed by atoms with Crippen LogP contribution >= 0.6 is 0 Å². The van der Waals surface area contributed by atoms with E-state index in [0.717, 1.165) is 27.9 Å². The highest BCUT2D eigenvalue weighted by molar-refractivity contribution is 6.06. The maximum Gasteiger partial charge on any atom is 0.248 e. The van der Waals surface area contributed by atoms with Crippen LogP contribution in [-0.4, -0.2) is 17.7 Å². The number of fused-ring (bicyclic) bond motifs is 2. The van der Waals surface area contributed by atoms with Gasteiger partial charge in [0.2, 0.25) is 12.7 Å². The number of nitrogens with one attached hydrogen (secondary N) is 1. The van der Waals surface area contributed by atoms with Crippen molar-refractivity contribution in [2.45, 2.75) is 0 Å². The van der Waals surface area contributed by atoms with Gasteiger partial charge in [-0.05, 0) is 48.0 Å². The fraction of sp³-hybridized carbons (Fsp3) is 0.0526. The Hall–Kier alpha value is -3.34. The zero-order chi connectivity index (χ0) is 16.4. The van der Waals surface area contributed by atoms with Gasteiger partial charge in [-0.1, -0.05) is 12.1 Å². The second kappa shape index (κ2) is 6.04. The largest absolute Gasteiger partial charge is 0.454 e. The van der Waals surface area contributed by atoms with Crippen molar-refractivity contribution in [1.29, 1.82) is 0 Å². The highest BCUT2D eigenvalue weighted by atomic mass is 16.7. The summed E-state index contributed by atoms with van der Waals surface area (Å²) in [6.07, 6.45) is 4.96. The van der Waals surface area contributed by atoms with Crippen LogP contribution in [0.25, 0.3) is 17.0 Å². The summed E-state index contributed by atoms with van der Waals surface area (Å²) in [4.78, 5) is 16.5. The van der Waals surface area contributed by atoms with Crippen LogP contribution in [0.3, 0.4) is 0 Å². The van der Waals surface area contributed by atoms with Crippen LogP contribution in [0.5, 0.6) is 11.5 Å². The lowest BCUT2D eigenvalue weighted by molar-refractivity contribution is -0.111. The molecule has 1 aromatic heterocycles. The average Bonchev–Trinajstić information content (AvgIpc) is 3.08. The smallest absolute Gasteiger partial charge is 0.248 e. The number of hydrogen-bond donors (Lipinski definition) is 1. The minimum atomic E-state index is -0.205. The molecule has 0 spiro atoms. The second-order valence-electron chi connectivity index (χ2n) is 5.31. The van der Waals surface area contributed by atoms with Gasteiger partial charge in [0.25, 0.3) is 0 Å². The van der Waals surface area contributed by atoms with Gasteiger partial charge in [-0.3, -0.25) is 9.78 Å². The highest BCUT2D eigenvalue weighted by Crippen LogP contribution is 2.32. The topological polar surface area (TPSA) is 60.5 Å². The standard InChI is InChI=1S/C19H14N2O3/c22-19(9-7-13-6-8-17-18(11-13)24-12-23-17)21-16-5-1-4-15-14(16)3-2-10-20-15/h1-11H,12H2,(H,21,22)/b9-7+. The Balaban J connectivity index is 1.52. The fourth-order valence-electron chi connectivity index (χ4n) is 2.58. The third kappa shape index (κ3) is 2.79. The number of ether oxygens (including phenoxy) is 2. The first kappa shape index (κ1) is 14.3. The van der Waals surface area contributed by atoms with Crippen LogP contribution in [0.2, 0.25) is 0 Å². The van der Waals surface area contributed by atoms with Crippen molar-refractivity contribution < 1.29 is 14.3 Å². The molecule has 118 valence electrons. The van der Waals surface area contributed by atoms with Crippen LogP contribution in [0, 0.1) is 0 Å². The summed E-state index contributed by atoms with van der Waals surface area (Å²) in [6.45, 7) is 0.234. The van der Waals surface area contributed by atoms with E-state index in [4.69, 9.17) is 9.47 Å². The van der Waals surface area contributed by atoms with E-state index in [1.807, 2.05) is 48.5 Å². The number of amides is 1. The quantitative estimate of drug-likeness (QED) is 0.749. The Morgan fingerprint density at radius 3 is 2.96 bits per heavy atom. The van der Waals surface area contributed by atoms with E-state index in [0.29, 0.717) is 5.75 Å². The van der Waals surface area contributed by atoms with Gasteiger partial charge in [0.1, 0.15) is 0 Å². The molecular formula is C19H14N2O3. The van der Waals surface area contributed by atoms with E-state index in [1.54, 1.807) is 12.3 Å². The van der Waals surface area contributed by atoms with Crippen molar-refractivity contribution in [3.05, 3.63) is 66.4 Å². The van der Waals surface area contributed by atoms with Gasteiger partial charge >= 0.3 is 0 Å². The van der Waals surface area contributed by atoms with E-state index in [1.165, 1.54) is 6.08 Å². The lowest BCUT2D eigenvalue weighted by Crippen LogP contribution is -2.08. The van der Waals surface area contributed by atoms with Crippen LogP contribution < -0.4 is 14.8 Å². The van der Waals surface area contributed by atoms with Crippen molar-refractivity contribution >= 4 is 28.6 Å². The van der Waals surface area contributed by atoms with Gasteiger partial charge in [-0.25, -0.2) is 0 Å². The SMILES string of the molecule is O=C(/C=C/c1ccc2c(c1)OCO2)Nc1cccc2ncccc12. The number of aromatic nitrogens is 1. The molecule has 24 heavy (non-hydrogen) atoms. The van der Waals surface area contributed by atoms with Crippen molar-refractivity contribution in [3.8, 4) is 11.5 Å². The summed E-state index contributed by atoms with van der Waals surface area (Å²) in [5, 5.41) is 3.79. The summed E-state index contributed by atoms with van der Waals surface area (Å²) < 4.78 is 10.6. The molecule has 0 fully saturated rings. The van der Waals surface area contributed by atoms with Crippen molar-refractivity contribution in [3.63, 3.8) is 0 Å². The molecule has 0 radical (unpaired) electrons. The molecule has 2 aromatic carbocycles. The van der Waals surface area contributed by atoms with Crippen molar-refractivity contribution in [2.75, 3.05) is 12.1 Å². The Bertz CT molecular complexity index is 945. The Labute approximate surface area is 138 Å². The van der Waals surface area contributed by atoms with Gasteiger partial charge in [-0.2, -0.15) is 0 Å². The summed E-state index contributed by atoms with van der Waals surface area (Å²) in [5.41, 5.74) is 2.45. The molecule has 5 nitrogen and oxygen atoms in total. The lowest BCUT2D eigenvalue weighted by atomic mass is 10.1. The van der Waals surface area contributed by atoms with E-state index >= 15 is 0 Å². The number of anilines is 1. The number of benzene rings is 2. The Kier molecular flexibility index (Phi) is 3.59. The molecule has 2 heterocycles. The predicted octanol–water partition coefficient (Wildman–Crippen LogP) is 3.62. The van der Waals surface area contributed by atoms with Crippen molar-refractivity contribution in [1.82, 2.24) is 4.98 Å². The molecule has 4 rings (SSSR count). The van der Waals surface area contributed by atoms with Gasteiger partial charge in [0.05, 0.1) is 11.2 Å². The van der Waals surface area contributed by atoms with Crippen LogP contribution in [0.1, 0.15) is 5.56 Å². The van der Waals surface area contributed by atoms with E-state index in [-0.39, 0.29) is 12.7 Å². The van der Waals surface area contributed by atoms with Gasteiger partial charge < -0.3 is 14.8 Å². The zero-order valence-electron chi connectivity index (χ0n) is 12.7. The maximum atomic E-state index is 12.2.